The summed E-state index contributed by atoms with van der Waals surface area (Å²) >= 11 is 0. The molecule has 0 aliphatic carbocycles. The van der Waals surface area contributed by atoms with Gasteiger partial charge in [0.2, 0.25) is 11.8 Å². The zero-order chi connectivity index (χ0) is 19.1. The highest BCUT2D eigenvalue weighted by molar-refractivity contribution is 5.88. The Morgan fingerprint density at radius 2 is 1.81 bits per heavy atom. The van der Waals surface area contributed by atoms with Crippen LogP contribution in [0.5, 0.6) is 5.75 Å². The summed E-state index contributed by atoms with van der Waals surface area (Å²) in [4.78, 5) is 26.7. The average molecular weight is 354 g/mol. The predicted octanol–water partition coefficient (Wildman–Crippen LogP) is 2.71. The largest absolute Gasteiger partial charge is 0.497 e. The van der Waals surface area contributed by atoms with Gasteiger partial charge in [-0.05, 0) is 37.1 Å². The molecule has 0 spiro atoms. The Bertz CT molecular complexity index is 756. The van der Waals surface area contributed by atoms with Crippen molar-refractivity contribution in [3.05, 3.63) is 65.2 Å². The third-order valence-corrected chi connectivity index (χ3v) is 4.38. The van der Waals surface area contributed by atoms with Gasteiger partial charge >= 0.3 is 0 Å². The minimum absolute atomic E-state index is 0.0900. The molecule has 2 amide bonds. The van der Waals surface area contributed by atoms with E-state index in [4.69, 9.17) is 4.74 Å². The van der Waals surface area contributed by atoms with Crippen molar-refractivity contribution in [2.45, 2.75) is 32.9 Å². The molecular weight excluding hydrogens is 328 g/mol. The van der Waals surface area contributed by atoms with E-state index in [1.165, 1.54) is 0 Å². The molecule has 0 aliphatic rings. The summed E-state index contributed by atoms with van der Waals surface area (Å²) in [6.45, 7) is 4.09. The second kappa shape index (κ2) is 9.04. The van der Waals surface area contributed by atoms with E-state index in [1.54, 1.807) is 26.0 Å². The molecule has 0 saturated carbocycles. The quantitative estimate of drug-likeness (QED) is 0.832. The summed E-state index contributed by atoms with van der Waals surface area (Å²) in [5, 5.41) is 2.62. The van der Waals surface area contributed by atoms with Crippen LogP contribution in [-0.2, 0) is 22.6 Å². The molecule has 0 radical (unpaired) electrons. The van der Waals surface area contributed by atoms with E-state index in [1.807, 2.05) is 55.5 Å². The van der Waals surface area contributed by atoms with E-state index in [0.29, 0.717) is 6.54 Å². The van der Waals surface area contributed by atoms with Crippen LogP contribution in [-0.4, -0.2) is 36.9 Å². The standard InChI is InChI=1S/C21H26N2O3/c1-15-8-10-17(11-9-15)13-20(24)23(16(2)21(25)22-3)14-18-6-5-7-19(12-18)26-4/h5-12,16H,13-14H2,1-4H3,(H,22,25). The Morgan fingerprint density at radius 3 is 2.42 bits per heavy atom. The highest BCUT2D eigenvalue weighted by Gasteiger charge is 2.25. The average Bonchev–Trinajstić information content (AvgIpc) is 2.66. The topological polar surface area (TPSA) is 58.6 Å². The molecule has 0 bridgehead atoms. The van der Waals surface area contributed by atoms with E-state index in [0.717, 1.165) is 22.4 Å². The van der Waals surface area contributed by atoms with Crippen LogP contribution in [0.15, 0.2) is 48.5 Å². The van der Waals surface area contributed by atoms with Crippen molar-refractivity contribution in [1.82, 2.24) is 10.2 Å². The number of amides is 2. The number of ether oxygens (including phenoxy) is 1. The zero-order valence-corrected chi connectivity index (χ0v) is 15.8. The number of nitrogens with one attached hydrogen (secondary N) is 1. The molecule has 0 saturated heterocycles. The van der Waals surface area contributed by atoms with Gasteiger partial charge in [-0.15, -0.1) is 0 Å². The van der Waals surface area contributed by atoms with Crippen LogP contribution in [0.25, 0.3) is 0 Å². The first-order chi connectivity index (χ1) is 12.4. The normalized spacial score (nSPS) is 11.5. The Kier molecular flexibility index (Phi) is 6.78. The Hall–Kier alpha value is -2.82. The molecule has 2 aromatic rings. The van der Waals surface area contributed by atoms with Crippen molar-refractivity contribution in [3.8, 4) is 5.75 Å². The number of hydrogen-bond donors (Lipinski definition) is 1. The highest BCUT2D eigenvalue weighted by Crippen LogP contribution is 2.17. The maximum Gasteiger partial charge on any atom is 0.242 e. The molecule has 138 valence electrons. The van der Waals surface area contributed by atoms with E-state index >= 15 is 0 Å². The van der Waals surface area contributed by atoms with Crippen molar-refractivity contribution in [1.29, 1.82) is 0 Å². The molecule has 1 unspecified atom stereocenters. The molecule has 5 nitrogen and oxygen atoms in total. The fraction of sp³-hybridized carbons (Fsp3) is 0.333. The van der Waals surface area contributed by atoms with E-state index in [-0.39, 0.29) is 18.2 Å². The van der Waals surface area contributed by atoms with Crippen molar-refractivity contribution in [2.24, 2.45) is 0 Å². The van der Waals surface area contributed by atoms with Gasteiger partial charge in [0.15, 0.2) is 0 Å². The van der Waals surface area contributed by atoms with Gasteiger partial charge in [-0.25, -0.2) is 0 Å². The zero-order valence-electron chi connectivity index (χ0n) is 15.8. The van der Waals surface area contributed by atoms with Crippen LogP contribution in [0.4, 0.5) is 0 Å². The lowest BCUT2D eigenvalue weighted by atomic mass is 10.1. The van der Waals surface area contributed by atoms with Gasteiger partial charge in [0.05, 0.1) is 13.5 Å². The maximum atomic E-state index is 12.9. The minimum Gasteiger partial charge on any atom is -0.497 e. The Balaban J connectivity index is 2.22. The van der Waals surface area contributed by atoms with Gasteiger partial charge in [-0.2, -0.15) is 0 Å². The fourth-order valence-electron chi connectivity index (χ4n) is 2.74. The molecule has 5 heteroatoms. The maximum absolute atomic E-state index is 12.9. The summed E-state index contributed by atoms with van der Waals surface area (Å²) in [6.07, 6.45) is 0.256. The van der Waals surface area contributed by atoms with Gasteiger partial charge in [0, 0.05) is 13.6 Å². The number of likely N-dealkylation sites (N-methyl/N-ethyl adjacent to an activating group) is 1. The number of rotatable bonds is 7. The minimum atomic E-state index is -0.566. The second-order valence-corrected chi connectivity index (χ2v) is 6.33. The number of benzene rings is 2. The van der Waals surface area contributed by atoms with Crippen LogP contribution < -0.4 is 10.1 Å². The number of carbonyl (C=O) groups excluding carboxylic acids is 2. The van der Waals surface area contributed by atoms with Crippen LogP contribution in [0.2, 0.25) is 0 Å². The van der Waals surface area contributed by atoms with E-state index in [9.17, 15) is 9.59 Å². The molecule has 2 aromatic carbocycles. The highest BCUT2D eigenvalue weighted by atomic mass is 16.5. The van der Waals surface area contributed by atoms with Crippen molar-refractivity contribution in [3.63, 3.8) is 0 Å². The first kappa shape index (κ1) is 19.5. The molecule has 26 heavy (non-hydrogen) atoms. The molecule has 0 fully saturated rings. The van der Waals surface area contributed by atoms with Crippen LogP contribution in [0.1, 0.15) is 23.6 Å². The monoisotopic (exact) mass is 354 g/mol. The smallest absolute Gasteiger partial charge is 0.242 e. The third kappa shape index (κ3) is 5.09. The second-order valence-electron chi connectivity index (χ2n) is 6.33. The van der Waals surface area contributed by atoms with Gasteiger partial charge in [-0.3, -0.25) is 9.59 Å². The summed E-state index contributed by atoms with van der Waals surface area (Å²) < 4.78 is 5.25. The van der Waals surface area contributed by atoms with E-state index in [2.05, 4.69) is 5.32 Å². The molecule has 1 atom stereocenters. The van der Waals surface area contributed by atoms with Gasteiger partial charge < -0.3 is 15.0 Å². The Morgan fingerprint density at radius 1 is 1.12 bits per heavy atom. The fourth-order valence-corrected chi connectivity index (χ4v) is 2.74. The first-order valence-electron chi connectivity index (χ1n) is 8.64. The summed E-state index contributed by atoms with van der Waals surface area (Å²) in [5.74, 6) is 0.443. The summed E-state index contributed by atoms with van der Waals surface area (Å²) in [7, 11) is 3.18. The number of nitrogens with zero attached hydrogens (tertiary/aromatic N) is 1. The number of methoxy groups -OCH3 is 1. The lowest BCUT2D eigenvalue weighted by Crippen LogP contribution is -2.47. The van der Waals surface area contributed by atoms with Crippen molar-refractivity contribution < 1.29 is 14.3 Å². The van der Waals surface area contributed by atoms with Gasteiger partial charge in [-0.1, -0.05) is 42.0 Å². The van der Waals surface area contributed by atoms with E-state index < -0.39 is 6.04 Å². The molecule has 2 rings (SSSR count). The van der Waals surface area contributed by atoms with Crippen LogP contribution >= 0.6 is 0 Å². The SMILES string of the molecule is CNC(=O)C(C)N(Cc1cccc(OC)c1)C(=O)Cc1ccc(C)cc1. The number of hydrogen-bond acceptors (Lipinski definition) is 3. The summed E-state index contributed by atoms with van der Waals surface area (Å²) in [5.41, 5.74) is 2.99. The lowest BCUT2D eigenvalue weighted by molar-refractivity contribution is -0.139. The Labute approximate surface area is 155 Å². The summed E-state index contributed by atoms with van der Waals surface area (Å²) in [6, 6.07) is 14.8. The van der Waals surface area contributed by atoms with Gasteiger partial charge in [0.1, 0.15) is 11.8 Å². The molecule has 0 aromatic heterocycles. The van der Waals surface area contributed by atoms with Crippen molar-refractivity contribution in [2.75, 3.05) is 14.2 Å². The molecular formula is C21H26N2O3. The third-order valence-electron chi connectivity index (χ3n) is 4.38. The lowest BCUT2D eigenvalue weighted by Gasteiger charge is -2.28. The molecule has 0 aliphatic heterocycles. The number of aryl methyl sites for hydroxylation is 1. The van der Waals surface area contributed by atoms with Gasteiger partial charge in [0.25, 0.3) is 0 Å². The molecule has 1 N–H and O–H groups in total. The number of carbonyl (C=O) groups is 2. The van der Waals surface area contributed by atoms with Crippen LogP contribution in [0, 0.1) is 6.92 Å². The van der Waals surface area contributed by atoms with Crippen molar-refractivity contribution >= 4 is 11.8 Å². The predicted molar refractivity (Wildman–Crippen MR) is 102 cm³/mol. The van der Waals surface area contributed by atoms with Crippen LogP contribution in [0.3, 0.4) is 0 Å². The first-order valence-corrected chi connectivity index (χ1v) is 8.64. The molecule has 0 heterocycles.